The Bertz CT molecular complexity index is 551. The number of rotatable bonds is 3. The summed E-state index contributed by atoms with van der Waals surface area (Å²) in [6.45, 7) is 0. The Kier molecular flexibility index (Phi) is 4.86. The number of thiophene rings is 1. The molecular weight excluding hydrogens is 451 g/mol. The molecule has 1 aromatic carbocycles. The molecule has 1 heterocycles. The van der Waals surface area contributed by atoms with Gasteiger partial charge in [-0.3, -0.25) is 0 Å². The third-order valence-corrected chi connectivity index (χ3v) is 6.99. The van der Waals surface area contributed by atoms with E-state index >= 15 is 0 Å². The molecule has 1 aromatic heterocycles. The first-order valence-corrected chi connectivity index (χ1v) is 8.27. The van der Waals surface area contributed by atoms with Crippen LogP contribution in [0.15, 0.2) is 32.5 Å². The van der Waals surface area contributed by atoms with Crippen LogP contribution in [0, 0.1) is 5.82 Å². The fourth-order valence-electron chi connectivity index (χ4n) is 1.54. The summed E-state index contributed by atoms with van der Waals surface area (Å²) in [5.74, 6) is 0.392. The summed E-state index contributed by atoms with van der Waals surface area (Å²) >= 11 is 12.1. The van der Waals surface area contributed by atoms with Crippen molar-refractivity contribution >= 4 is 59.1 Å². The maximum atomic E-state index is 13.4. The van der Waals surface area contributed by atoms with Gasteiger partial charge < -0.3 is 4.74 Å². The lowest BCUT2D eigenvalue weighted by atomic mass is 10.1. The summed E-state index contributed by atoms with van der Waals surface area (Å²) in [5, 5.41) is 0. The van der Waals surface area contributed by atoms with Crippen molar-refractivity contribution < 1.29 is 9.13 Å². The second-order valence-electron chi connectivity index (χ2n) is 3.52. The number of methoxy groups -OCH3 is 1. The number of benzene rings is 1. The smallest absolute Gasteiger partial charge is 0.123 e. The number of halogens is 4. The SMILES string of the molecule is COc1ccc(F)cc1C(Br)c1cc(Br)c(Br)s1. The normalized spacial score (nSPS) is 12.5. The van der Waals surface area contributed by atoms with Crippen LogP contribution in [0.4, 0.5) is 4.39 Å². The van der Waals surface area contributed by atoms with E-state index in [1.165, 1.54) is 12.1 Å². The highest BCUT2D eigenvalue weighted by Gasteiger charge is 2.19. The highest BCUT2D eigenvalue weighted by molar-refractivity contribution is 9.13. The van der Waals surface area contributed by atoms with Gasteiger partial charge in [0, 0.05) is 14.9 Å². The Labute approximate surface area is 134 Å². The lowest BCUT2D eigenvalue weighted by molar-refractivity contribution is 0.409. The molecule has 0 aliphatic carbocycles. The van der Waals surface area contributed by atoms with Gasteiger partial charge in [0.25, 0.3) is 0 Å². The van der Waals surface area contributed by atoms with Gasteiger partial charge in [-0.15, -0.1) is 11.3 Å². The molecule has 0 aliphatic heterocycles. The van der Waals surface area contributed by atoms with E-state index in [-0.39, 0.29) is 10.6 Å². The van der Waals surface area contributed by atoms with Gasteiger partial charge in [0.1, 0.15) is 11.6 Å². The lowest BCUT2D eigenvalue weighted by Crippen LogP contribution is -1.96. The molecule has 0 N–H and O–H groups in total. The molecule has 0 saturated carbocycles. The van der Waals surface area contributed by atoms with Gasteiger partial charge in [0.2, 0.25) is 0 Å². The van der Waals surface area contributed by atoms with E-state index in [1.54, 1.807) is 24.5 Å². The van der Waals surface area contributed by atoms with E-state index in [4.69, 9.17) is 4.74 Å². The molecular formula is C12H8Br3FOS. The van der Waals surface area contributed by atoms with Crippen molar-refractivity contribution in [1.29, 1.82) is 0 Å². The fourth-order valence-corrected chi connectivity index (χ4v) is 4.40. The van der Waals surface area contributed by atoms with Crippen molar-refractivity contribution in [2.45, 2.75) is 4.83 Å². The summed E-state index contributed by atoms with van der Waals surface area (Å²) in [6.07, 6.45) is 0. The van der Waals surface area contributed by atoms with Crippen LogP contribution in [0.2, 0.25) is 0 Å². The molecule has 2 rings (SSSR count). The quantitative estimate of drug-likeness (QED) is 0.520. The molecule has 1 unspecified atom stereocenters. The van der Waals surface area contributed by atoms with Crippen LogP contribution >= 0.6 is 59.1 Å². The van der Waals surface area contributed by atoms with E-state index in [9.17, 15) is 4.39 Å². The summed E-state index contributed by atoms with van der Waals surface area (Å²) in [5.41, 5.74) is 0.777. The average molecular weight is 459 g/mol. The van der Waals surface area contributed by atoms with Crippen molar-refractivity contribution in [2.24, 2.45) is 0 Å². The van der Waals surface area contributed by atoms with Crippen molar-refractivity contribution in [3.8, 4) is 5.75 Å². The maximum Gasteiger partial charge on any atom is 0.123 e. The first kappa shape index (κ1) is 14.5. The Morgan fingerprint density at radius 1 is 1.28 bits per heavy atom. The molecule has 0 aliphatic rings. The topological polar surface area (TPSA) is 9.23 Å². The first-order chi connectivity index (χ1) is 8.52. The minimum atomic E-state index is -0.273. The van der Waals surface area contributed by atoms with Gasteiger partial charge in [-0.25, -0.2) is 4.39 Å². The van der Waals surface area contributed by atoms with Gasteiger partial charge in [0.05, 0.1) is 15.7 Å². The molecule has 1 nitrogen and oxygen atoms in total. The predicted octanol–water partition coefficient (Wildman–Crippen LogP) is 5.91. The molecule has 1 atom stereocenters. The van der Waals surface area contributed by atoms with Crippen LogP contribution in [0.5, 0.6) is 5.75 Å². The summed E-state index contributed by atoms with van der Waals surface area (Å²) < 4.78 is 20.6. The summed E-state index contributed by atoms with van der Waals surface area (Å²) in [6, 6.07) is 6.51. The molecule has 2 aromatic rings. The minimum Gasteiger partial charge on any atom is -0.496 e. The zero-order valence-corrected chi connectivity index (χ0v) is 14.8. The molecule has 18 heavy (non-hydrogen) atoms. The third-order valence-electron chi connectivity index (χ3n) is 2.38. The number of ether oxygens (including phenoxy) is 1. The zero-order valence-electron chi connectivity index (χ0n) is 9.22. The van der Waals surface area contributed by atoms with Crippen molar-refractivity contribution in [3.05, 3.63) is 48.8 Å². The largest absolute Gasteiger partial charge is 0.496 e. The molecule has 0 spiro atoms. The molecule has 0 radical (unpaired) electrons. The van der Waals surface area contributed by atoms with Crippen LogP contribution in [0.3, 0.4) is 0 Å². The highest BCUT2D eigenvalue weighted by atomic mass is 79.9. The van der Waals surface area contributed by atoms with Gasteiger partial charge in [-0.1, -0.05) is 15.9 Å². The average Bonchev–Trinajstić information content (AvgIpc) is 2.68. The molecule has 96 valence electrons. The highest BCUT2D eigenvalue weighted by Crippen LogP contribution is 2.43. The van der Waals surface area contributed by atoms with E-state index in [1.807, 2.05) is 6.07 Å². The zero-order chi connectivity index (χ0) is 13.3. The molecule has 0 amide bonds. The lowest BCUT2D eigenvalue weighted by Gasteiger charge is -2.13. The Morgan fingerprint density at radius 3 is 2.56 bits per heavy atom. The first-order valence-electron chi connectivity index (χ1n) is 4.95. The third kappa shape index (κ3) is 2.98. The second-order valence-corrected chi connectivity index (χ2v) is 7.69. The standard InChI is InChI=1S/C12H8Br3FOS/c1-17-9-3-2-6(16)4-7(9)11(14)10-5-8(13)12(15)18-10/h2-5,11H,1H3. The summed E-state index contributed by atoms with van der Waals surface area (Å²) in [4.78, 5) is 0.966. The van der Waals surface area contributed by atoms with Gasteiger partial charge in [0.15, 0.2) is 0 Å². The fraction of sp³-hybridized carbons (Fsp3) is 0.167. The molecule has 0 bridgehead atoms. The Hall–Kier alpha value is 0.0900. The van der Waals surface area contributed by atoms with Gasteiger partial charge in [-0.05, 0) is 56.1 Å². The molecule has 0 saturated heterocycles. The van der Waals surface area contributed by atoms with E-state index in [2.05, 4.69) is 47.8 Å². The number of alkyl halides is 1. The van der Waals surface area contributed by atoms with Crippen LogP contribution in [0.1, 0.15) is 15.3 Å². The van der Waals surface area contributed by atoms with Crippen LogP contribution in [-0.4, -0.2) is 7.11 Å². The van der Waals surface area contributed by atoms with E-state index in [0.29, 0.717) is 5.75 Å². The van der Waals surface area contributed by atoms with E-state index < -0.39 is 0 Å². The maximum absolute atomic E-state index is 13.4. The minimum absolute atomic E-state index is 0.101. The Morgan fingerprint density at radius 2 is 2.00 bits per heavy atom. The summed E-state index contributed by atoms with van der Waals surface area (Å²) in [7, 11) is 1.58. The molecule has 6 heteroatoms. The molecule has 0 fully saturated rings. The second kappa shape index (κ2) is 6.03. The predicted molar refractivity (Wildman–Crippen MR) is 83.4 cm³/mol. The monoisotopic (exact) mass is 456 g/mol. The van der Waals surface area contributed by atoms with Crippen molar-refractivity contribution in [2.75, 3.05) is 7.11 Å². The van der Waals surface area contributed by atoms with Crippen LogP contribution < -0.4 is 4.74 Å². The number of hydrogen-bond donors (Lipinski definition) is 0. The van der Waals surface area contributed by atoms with E-state index in [0.717, 1.165) is 18.7 Å². The van der Waals surface area contributed by atoms with Crippen LogP contribution in [0.25, 0.3) is 0 Å². The van der Waals surface area contributed by atoms with Crippen LogP contribution in [-0.2, 0) is 0 Å². The number of hydrogen-bond acceptors (Lipinski definition) is 2. The van der Waals surface area contributed by atoms with Crippen molar-refractivity contribution in [1.82, 2.24) is 0 Å². The Balaban J connectivity index is 2.44. The van der Waals surface area contributed by atoms with Gasteiger partial charge in [-0.2, -0.15) is 0 Å². The van der Waals surface area contributed by atoms with Crippen molar-refractivity contribution in [3.63, 3.8) is 0 Å². The van der Waals surface area contributed by atoms with Gasteiger partial charge >= 0.3 is 0 Å².